The van der Waals surface area contributed by atoms with Crippen molar-refractivity contribution in [1.82, 2.24) is 10.6 Å². The minimum atomic E-state index is -0.689. The Morgan fingerprint density at radius 2 is 2.25 bits per heavy atom. The summed E-state index contributed by atoms with van der Waals surface area (Å²) in [7, 11) is 1.50. The maximum Gasteiger partial charge on any atom is 0.315 e. The van der Waals surface area contributed by atoms with E-state index >= 15 is 0 Å². The van der Waals surface area contributed by atoms with E-state index in [0.717, 1.165) is 16.5 Å². The molecule has 0 fully saturated rings. The van der Waals surface area contributed by atoms with Crippen molar-refractivity contribution in [3.8, 4) is 0 Å². The summed E-state index contributed by atoms with van der Waals surface area (Å²) < 4.78 is 5.80. The fourth-order valence-corrected chi connectivity index (χ4v) is 2.25. The number of methoxy groups -OCH3 is 1. The Labute approximate surface area is 127 Å². The molecule has 2 amide bonds. The third-order valence-electron chi connectivity index (χ3n) is 2.67. The largest absolute Gasteiger partial charge is 0.389 e. The number of ether oxygens (including phenoxy) is 1. The fraction of sp³-hybridized carbons (Fsp3) is 0.500. The number of hydrogen-bond acceptors (Lipinski definition) is 3. The molecule has 0 saturated carbocycles. The number of urea groups is 1. The van der Waals surface area contributed by atoms with Crippen LogP contribution >= 0.6 is 15.9 Å². The lowest BCUT2D eigenvalue weighted by atomic mass is 10.1. The highest BCUT2D eigenvalue weighted by atomic mass is 79.9. The van der Waals surface area contributed by atoms with Crippen LogP contribution < -0.4 is 10.6 Å². The van der Waals surface area contributed by atoms with Crippen molar-refractivity contribution in [2.45, 2.75) is 25.5 Å². The van der Waals surface area contributed by atoms with Gasteiger partial charge in [-0.05, 0) is 31.0 Å². The van der Waals surface area contributed by atoms with Gasteiger partial charge in [-0.3, -0.25) is 0 Å². The monoisotopic (exact) mass is 344 g/mol. The molecule has 0 heterocycles. The Balaban J connectivity index is 2.31. The minimum Gasteiger partial charge on any atom is -0.389 e. The molecule has 112 valence electrons. The molecular formula is C14H21BrN2O3. The van der Waals surface area contributed by atoms with Crippen molar-refractivity contribution in [2.24, 2.45) is 0 Å². The highest BCUT2D eigenvalue weighted by Gasteiger charge is 2.10. The van der Waals surface area contributed by atoms with E-state index in [1.54, 1.807) is 0 Å². The molecule has 0 unspecified atom stereocenters. The maximum atomic E-state index is 11.6. The molecular weight excluding hydrogens is 324 g/mol. The molecule has 1 aromatic carbocycles. The summed E-state index contributed by atoms with van der Waals surface area (Å²) in [5.74, 6) is 0. The lowest BCUT2D eigenvalue weighted by Gasteiger charge is -2.16. The van der Waals surface area contributed by atoms with E-state index in [9.17, 15) is 9.90 Å². The van der Waals surface area contributed by atoms with Crippen LogP contribution in [0.2, 0.25) is 0 Å². The van der Waals surface area contributed by atoms with Crippen LogP contribution in [0.25, 0.3) is 0 Å². The number of aliphatic hydroxyl groups is 1. The summed E-state index contributed by atoms with van der Waals surface area (Å²) in [6, 6.07) is 7.69. The lowest BCUT2D eigenvalue weighted by Crippen LogP contribution is -2.44. The van der Waals surface area contributed by atoms with Gasteiger partial charge >= 0.3 is 6.03 Å². The van der Waals surface area contributed by atoms with Gasteiger partial charge in [0, 0.05) is 24.2 Å². The summed E-state index contributed by atoms with van der Waals surface area (Å²) in [6.45, 7) is 2.31. The minimum absolute atomic E-state index is 0.00358. The second kappa shape index (κ2) is 8.94. The Kier molecular flexibility index (Phi) is 7.58. The molecule has 0 bridgehead atoms. The first-order chi connectivity index (χ1) is 9.51. The second-order valence-corrected chi connectivity index (χ2v) is 5.61. The van der Waals surface area contributed by atoms with Crippen molar-refractivity contribution < 1.29 is 14.6 Å². The molecule has 6 heteroatoms. The van der Waals surface area contributed by atoms with Crippen molar-refractivity contribution in [2.75, 3.05) is 20.3 Å². The van der Waals surface area contributed by atoms with Crippen LogP contribution in [0, 0.1) is 0 Å². The number of benzene rings is 1. The zero-order valence-electron chi connectivity index (χ0n) is 11.7. The summed E-state index contributed by atoms with van der Waals surface area (Å²) >= 11 is 3.42. The Morgan fingerprint density at radius 1 is 1.50 bits per heavy atom. The van der Waals surface area contributed by atoms with Gasteiger partial charge in [-0.15, -0.1) is 0 Å². The Hall–Kier alpha value is -1.11. The Bertz CT molecular complexity index is 429. The van der Waals surface area contributed by atoms with Gasteiger partial charge in [0.25, 0.3) is 0 Å². The molecule has 0 aliphatic rings. The third kappa shape index (κ3) is 6.88. The summed E-state index contributed by atoms with van der Waals surface area (Å²) in [6.07, 6.45) is 0.0548. The molecule has 0 spiro atoms. The smallest absolute Gasteiger partial charge is 0.315 e. The average Bonchev–Trinajstić information content (AvgIpc) is 2.36. The number of halogens is 1. The maximum absolute atomic E-state index is 11.6. The number of aliphatic hydroxyl groups excluding tert-OH is 1. The lowest BCUT2D eigenvalue weighted by molar-refractivity contribution is 0.0659. The number of nitrogens with one attached hydrogen (secondary N) is 2. The van der Waals surface area contributed by atoms with Gasteiger partial charge in [0.2, 0.25) is 0 Å². The van der Waals surface area contributed by atoms with Gasteiger partial charge in [-0.2, -0.15) is 0 Å². The fourth-order valence-electron chi connectivity index (χ4n) is 1.81. The van der Waals surface area contributed by atoms with Gasteiger partial charge < -0.3 is 20.5 Å². The summed E-state index contributed by atoms with van der Waals surface area (Å²) in [4.78, 5) is 11.6. The number of hydrogen-bond donors (Lipinski definition) is 3. The number of amides is 2. The second-order valence-electron chi connectivity index (χ2n) is 4.70. The highest BCUT2D eigenvalue weighted by Crippen LogP contribution is 2.12. The molecule has 5 nitrogen and oxygen atoms in total. The van der Waals surface area contributed by atoms with Crippen molar-refractivity contribution in [3.63, 3.8) is 0 Å². The molecule has 20 heavy (non-hydrogen) atoms. The molecule has 0 aliphatic carbocycles. The average molecular weight is 345 g/mol. The summed E-state index contributed by atoms with van der Waals surface area (Å²) in [5.41, 5.74) is 1.14. The predicted octanol–water partition coefficient (Wildman–Crippen LogP) is 1.69. The van der Waals surface area contributed by atoms with Crippen LogP contribution in [-0.4, -0.2) is 43.5 Å². The van der Waals surface area contributed by atoms with Crippen molar-refractivity contribution >= 4 is 22.0 Å². The number of rotatable bonds is 7. The molecule has 1 rings (SSSR count). The van der Waals surface area contributed by atoms with E-state index in [1.807, 2.05) is 31.2 Å². The molecule has 3 N–H and O–H groups in total. The van der Waals surface area contributed by atoms with E-state index in [2.05, 4.69) is 26.6 Å². The number of carbonyl (C=O) groups excluding carboxylic acids is 1. The Morgan fingerprint density at radius 3 is 2.90 bits per heavy atom. The molecule has 2 atom stereocenters. The van der Waals surface area contributed by atoms with Gasteiger partial charge in [0.05, 0.1) is 12.7 Å². The van der Waals surface area contributed by atoms with Crippen molar-refractivity contribution in [3.05, 3.63) is 34.3 Å². The van der Waals surface area contributed by atoms with E-state index in [4.69, 9.17) is 4.74 Å². The van der Waals surface area contributed by atoms with Gasteiger partial charge in [-0.25, -0.2) is 4.79 Å². The topological polar surface area (TPSA) is 70.6 Å². The van der Waals surface area contributed by atoms with Crippen LogP contribution in [0.3, 0.4) is 0 Å². The standard InChI is InChI=1S/C14H21BrN2O3/c1-10(6-11-4-3-5-12(15)7-11)17-14(19)16-8-13(18)9-20-2/h3-5,7,10,13,18H,6,8-9H2,1-2H3,(H2,16,17,19)/t10-,13+/m1/s1. The molecule has 0 aliphatic heterocycles. The first kappa shape index (κ1) is 16.9. The first-order valence-electron chi connectivity index (χ1n) is 6.47. The van der Waals surface area contributed by atoms with Crippen LogP contribution in [0.4, 0.5) is 4.79 Å². The molecule has 1 aromatic rings. The normalized spacial score (nSPS) is 13.6. The van der Waals surface area contributed by atoms with Crippen LogP contribution in [-0.2, 0) is 11.2 Å². The van der Waals surface area contributed by atoms with Gasteiger partial charge in [0.15, 0.2) is 0 Å². The SMILES string of the molecule is COC[C@@H](O)CNC(=O)N[C@H](C)Cc1cccc(Br)c1. The summed E-state index contributed by atoms with van der Waals surface area (Å²) in [5, 5.41) is 14.9. The van der Waals surface area contributed by atoms with Gasteiger partial charge in [-0.1, -0.05) is 28.1 Å². The molecule has 0 aromatic heterocycles. The first-order valence-corrected chi connectivity index (χ1v) is 7.26. The van der Waals surface area contributed by atoms with E-state index in [-0.39, 0.29) is 25.2 Å². The third-order valence-corrected chi connectivity index (χ3v) is 3.16. The number of carbonyl (C=O) groups is 1. The zero-order chi connectivity index (χ0) is 15.0. The zero-order valence-corrected chi connectivity index (χ0v) is 13.3. The van der Waals surface area contributed by atoms with Crippen LogP contribution in [0.1, 0.15) is 12.5 Å². The van der Waals surface area contributed by atoms with Crippen molar-refractivity contribution in [1.29, 1.82) is 0 Å². The van der Waals surface area contributed by atoms with E-state index < -0.39 is 6.10 Å². The van der Waals surface area contributed by atoms with Crippen LogP contribution in [0.15, 0.2) is 28.7 Å². The molecule has 0 saturated heterocycles. The van der Waals surface area contributed by atoms with E-state index in [0.29, 0.717) is 0 Å². The predicted molar refractivity (Wildman–Crippen MR) is 81.7 cm³/mol. The quantitative estimate of drug-likeness (QED) is 0.704. The highest BCUT2D eigenvalue weighted by molar-refractivity contribution is 9.10. The van der Waals surface area contributed by atoms with Gasteiger partial charge in [0.1, 0.15) is 0 Å². The molecule has 0 radical (unpaired) electrons. The van der Waals surface area contributed by atoms with E-state index in [1.165, 1.54) is 7.11 Å². The van der Waals surface area contributed by atoms with Crippen LogP contribution in [0.5, 0.6) is 0 Å².